The molecular formula is C15H24N2O2S2. The van der Waals surface area contributed by atoms with Crippen molar-refractivity contribution in [2.24, 2.45) is 11.5 Å². The summed E-state index contributed by atoms with van der Waals surface area (Å²) in [6.45, 7) is 2.23. The Morgan fingerprint density at radius 1 is 1.10 bits per heavy atom. The zero-order chi connectivity index (χ0) is 16.1. The van der Waals surface area contributed by atoms with Gasteiger partial charge in [-0.3, -0.25) is 0 Å². The van der Waals surface area contributed by atoms with Crippen molar-refractivity contribution < 1.29 is 9.84 Å². The molecule has 4 nitrogen and oxygen atoms in total. The summed E-state index contributed by atoms with van der Waals surface area (Å²) >= 11 is 8.63. The predicted molar refractivity (Wildman–Crippen MR) is 95.7 cm³/mol. The molecule has 0 heterocycles. The second kappa shape index (κ2) is 12.3. The van der Waals surface area contributed by atoms with Gasteiger partial charge in [-0.1, -0.05) is 50.8 Å². The van der Waals surface area contributed by atoms with Crippen molar-refractivity contribution in [3.63, 3.8) is 0 Å². The van der Waals surface area contributed by atoms with Crippen LogP contribution in [0.3, 0.4) is 0 Å². The second-order valence-electron chi connectivity index (χ2n) is 4.53. The molecule has 1 aromatic carbocycles. The van der Waals surface area contributed by atoms with Crippen LogP contribution in [-0.2, 0) is 6.42 Å². The maximum absolute atomic E-state index is 7.56. The molecule has 0 aliphatic carbocycles. The fourth-order valence-electron chi connectivity index (χ4n) is 1.84. The van der Waals surface area contributed by atoms with E-state index < -0.39 is 5.17 Å². The molecule has 6 heteroatoms. The topological polar surface area (TPSA) is 81.5 Å². The minimum Gasteiger partial charge on any atom is -0.487 e. The first kappa shape index (κ1) is 19.6. The van der Waals surface area contributed by atoms with Crippen LogP contribution in [0, 0.1) is 0 Å². The van der Waals surface area contributed by atoms with Gasteiger partial charge in [0.05, 0.1) is 0 Å². The Kier molecular flexibility index (Phi) is 11.5. The summed E-state index contributed by atoms with van der Waals surface area (Å²) in [6, 6.07) is 7.95. The summed E-state index contributed by atoms with van der Waals surface area (Å²) in [4.78, 5) is 0. The van der Waals surface area contributed by atoms with E-state index in [-0.39, 0.29) is 5.17 Å². The summed E-state index contributed by atoms with van der Waals surface area (Å²) in [7, 11) is 0. The zero-order valence-electron chi connectivity index (χ0n) is 12.4. The van der Waals surface area contributed by atoms with Crippen LogP contribution in [0.5, 0.6) is 5.75 Å². The Morgan fingerprint density at radius 2 is 1.67 bits per heavy atom. The maximum atomic E-state index is 7.56. The maximum Gasteiger partial charge on any atom is 0.259 e. The van der Waals surface area contributed by atoms with Gasteiger partial charge in [0.1, 0.15) is 5.75 Å². The SMILES string of the molecule is CCCCCCCc1ccccc1OC(N)=S.NC(O)=S. The second-order valence-corrected chi connectivity index (χ2v) is 5.35. The van der Waals surface area contributed by atoms with E-state index >= 15 is 0 Å². The van der Waals surface area contributed by atoms with E-state index in [1.54, 1.807) is 0 Å². The molecule has 0 saturated carbocycles. The molecule has 5 N–H and O–H groups in total. The lowest BCUT2D eigenvalue weighted by Gasteiger charge is -2.09. The molecule has 0 amide bonds. The molecule has 0 spiro atoms. The van der Waals surface area contributed by atoms with E-state index in [1.807, 2.05) is 18.2 Å². The lowest BCUT2D eigenvalue weighted by atomic mass is 10.0. The van der Waals surface area contributed by atoms with Gasteiger partial charge in [-0.2, -0.15) is 0 Å². The number of unbranched alkanes of at least 4 members (excludes halogenated alkanes) is 4. The number of rotatable bonds is 7. The Balaban J connectivity index is 0.000000885. The number of hydrogen-bond donors (Lipinski definition) is 3. The first-order valence-electron chi connectivity index (χ1n) is 7.01. The van der Waals surface area contributed by atoms with Crippen molar-refractivity contribution in [2.75, 3.05) is 0 Å². The van der Waals surface area contributed by atoms with Gasteiger partial charge >= 0.3 is 0 Å². The molecule has 118 valence electrons. The first-order chi connectivity index (χ1) is 9.97. The van der Waals surface area contributed by atoms with Gasteiger partial charge in [-0.15, -0.1) is 0 Å². The Hall–Kier alpha value is -1.40. The highest BCUT2D eigenvalue weighted by Crippen LogP contribution is 2.20. The zero-order valence-corrected chi connectivity index (χ0v) is 14.0. The lowest BCUT2D eigenvalue weighted by molar-refractivity contribution is 0.543. The van der Waals surface area contributed by atoms with Crippen molar-refractivity contribution >= 4 is 34.8 Å². The van der Waals surface area contributed by atoms with Gasteiger partial charge in [0.2, 0.25) is 0 Å². The van der Waals surface area contributed by atoms with Gasteiger partial charge in [0, 0.05) is 0 Å². The van der Waals surface area contributed by atoms with Crippen molar-refractivity contribution in [2.45, 2.75) is 45.4 Å². The third-order valence-corrected chi connectivity index (χ3v) is 2.82. The molecule has 0 aliphatic heterocycles. The molecule has 1 rings (SSSR count). The molecule has 21 heavy (non-hydrogen) atoms. The first-order valence-corrected chi connectivity index (χ1v) is 7.82. The summed E-state index contributed by atoms with van der Waals surface area (Å²) in [5.41, 5.74) is 11.0. The molecular weight excluding hydrogens is 304 g/mol. The number of hydrogen-bond acceptors (Lipinski definition) is 3. The normalized spacial score (nSPS) is 9.38. The molecule has 0 atom stereocenters. The van der Waals surface area contributed by atoms with Crippen LogP contribution < -0.4 is 16.2 Å². The van der Waals surface area contributed by atoms with E-state index in [4.69, 9.17) is 27.8 Å². The molecule has 0 radical (unpaired) electrons. The Morgan fingerprint density at radius 3 is 2.24 bits per heavy atom. The Labute approximate surface area is 137 Å². The molecule has 0 fully saturated rings. The van der Waals surface area contributed by atoms with Crippen LogP contribution in [0.4, 0.5) is 0 Å². The summed E-state index contributed by atoms with van der Waals surface area (Å²) in [5.74, 6) is 0.801. The summed E-state index contributed by atoms with van der Waals surface area (Å²) in [5, 5.41) is 7.15. The average molecular weight is 329 g/mol. The number of ether oxygens (including phenoxy) is 1. The van der Waals surface area contributed by atoms with Crippen LogP contribution in [0.25, 0.3) is 0 Å². The van der Waals surface area contributed by atoms with Crippen molar-refractivity contribution in [1.82, 2.24) is 0 Å². The highest BCUT2D eigenvalue weighted by molar-refractivity contribution is 7.80. The highest BCUT2D eigenvalue weighted by Gasteiger charge is 2.03. The van der Waals surface area contributed by atoms with Crippen LogP contribution in [-0.4, -0.2) is 15.5 Å². The van der Waals surface area contributed by atoms with Crippen LogP contribution in [0.2, 0.25) is 0 Å². The van der Waals surface area contributed by atoms with E-state index in [1.165, 1.54) is 37.7 Å². The van der Waals surface area contributed by atoms with E-state index in [9.17, 15) is 0 Å². The predicted octanol–water partition coefficient (Wildman–Crippen LogP) is 3.61. The number of aliphatic hydroxyl groups excluding tert-OH is 1. The number of benzene rings is 1. The largest absolute Gasteiger partial charge is 0.487 e. The molecule has 0 aromatic heterocycles. The minimum absolute atomic E-state index is 0.0865. The van der Waals surface area contributed by atoms with Gasteiger partial charge in [-0.05, 0) is 48.9 Å². The van der Waals surface area contributed by atoms with Crippen LogP contribution >= 0.6 is 24.4 Å². The molecule has 0 bridgehead atoms. The standard InChI is InChI=1S/C14H21NOS.CH3NOS/c1-2-3-4-5-6-9-12-10-7-8-11-13(12)16-14(15)17;2-1(3)4/h7-8,10-11H,2-6,9H2,1H3,(H2,15,17);(H3,2,3,4). The Bertz CT molecular complexity index is 435. The van der Waals surface area contributed by atoms with Crippen molar-refractivity contribution in [3.05, 3.63) is 29.8 Å². The third-order valence-electron chi connectivity index (χ3n) is 2.73. The van der Waals surface area contributed by atoms with Gasteiger partial charge < -0.3 is 21.3 Å². The van der Waals surface area contributed by atoms with Crippen molar-refractivity contribution in [3.8, 4) is 5.75 Å². The monoisotopic (exact) mass is 328 g/mol. The quantitative estimate of drug-likeness (QED) is 0.524. The van der Waals surface area contributed by atoms with Gasteiger partial charge in [-0.25, -0.2) is 0 Å². The van der Waals surface area contributed by atoms with Crippen LogP contribution in [0.15, 0.2) is 24.3 Å². The van der Waals surface area contributed by atoms with E-state index in [0.29, 0.717) is 0 Å². The number of thiocarbonyl (C=S) groups is 2. The number of aliphatic hydroxyl groups is 1. The number of aryl methyl sites for hydroxylation is 1. The molecule has 0 aliphatic rings. The lowest BCUT2D eigenvalue weighted by Crippen LogP contribution is -2.16. The summed E-state index contributed by atoms with van der Waals surface area (Å²) < 4.78 is 5.33. The van der Waals surface area contributed by atoms with E-state index in [2.05, 4.69) is 30.9 Å². The van der Waals surface area contributed by atoms with Gasteiger partial charge in [0.15, 0.2) is 0 Å². The van der Waals surface area contributed by atoms with Gasteiger partial charge in [0.25, 0.3) is 10.3 Å². The molecule has 1 aromatic rings. The van der Waals surface area contributed by atoms with Crippen molar-refractivity contribution in [1.29, 1.82) is 0 Å². The fraction of sp³-hybridized carbons (Fsp3) is 0.467. The number of para-hydroxylation sites is 1. The highest BCUT2D eigenvalue weighted by atomic mass is 32.1. The molecule has 0 saturated heterocycles. The average Bonchev–Trinajstić information content (AvgIpc) is 2.39. The van der Waals surface area contributed by atoms with Crippen LogP contribution in [0.1, 0.15) is 44.6 Å². The minimum atomic E-state index is -0.500. The smallest absolute Gasteiger partial charge is 0.259 e. The third kappa shape index (κ3) is 12.1. The van der Waals surface area contributed by atoms with E-state index in [0.717, 1.165) is 12.2 Å². The number of nitrogens with two attached hydrogens (primary N) is 2. The summed E-state index contributed by atoms with van der Waals surface area (Å²) in [6.07, 6.45) is 7.41. The fourth-order valence-corrected chi connectivity index (χ4v) is 1.93. The molecule has 0 unspecified atom stereocenters.